The summed E-state index contributed by atoms with van der Waals surface area (Å²) in [4.78, 5) is 24.6. The third-order valence-corrected chi connectivity index (χ3v) is 13.4. The highest BCUT2D eigenvalue weighted by Crippen LogP contribution is 2.39. The Hall–Kier alpha value is -5.83. The lowest BCUT2D eigenvalue weighted by Crippen LogP contribution is -2.32. The van der Waals surface area contributed by atoms with Crippen LogP contribution >= 0.6 is 0 Å². The Kier molecular flexibility index (Phi) is 21.7. The molecule has 0 aliphatic rings. The molecule has 0 atom stereocenters. The zero-order chi connectivity index (χ0) is 50.6. The predicted octanol–water partition coefficient (Wildman–Crippen LogP) is 14.4. The lowest BCUT2D eigenvalue weighted by atomic mass is 9.81. The third kappa shape index (κ3) is 15.1. The summed E-state index contributed by atoms with van der Waals surface area (Å²) in [5.41, 5.74) is 13.0. The van der Waals surface area contributed by atoms with Gasteiger partial charge in [0.2, 0.25) is 0 Å². The maximum atomic E-state index is 16.0. The van der Waals surface area contributed by atoms with E-state index in [0.29, 0.717) is 61.0 Å². The smallest absolute Gasteiger partial charge is 0.333 e. The number of halogens is 1. The molecule has 0 unspecified atom stereocenters. The fourth-order valence-corrected chi connectivity index (χ4v) is 9.01. The van der Waals surface area contributed by atoms with Crippen molar-refractivity contribution < 1.29 is 38.4 Å². The zero-order valence-electron chi connectivity index (χ0n) is 42.8. The minimum absolute atomic E-state index is 0.144. The van der Waals surface area contributed by atoms with Crippen LogP contribution in [0.5, 0.6) is 5.75 Å². The molecule has 0 spiro atoms. The van der Waals surface area contributed by atoms with Crippen LogP contribution in [0, 0.1) is 11.2 Å². The van der Waals surface area contributed by atoms with E-state index in [1.807, 2.05) is 18.2 Å². The molecule has 0 aliphatic carbocycles. The van der Waals surface area contributed by atoms with Crippen LogP contribution in [0.15, 0.2) is 115 Å². The highest BCUT2D eigenvalue weighted by atomic mass is 19.1. The fraction of sp³-hybridized carbons (Fsp3) is 0.419. The van der Waals surface area contributed by atoms with Gasteiger partial charge in [-0.1, -0.05) is 139 Å². The lowest BCUT2D eigenvalue weighted by molar-refractivity contribution is -0.139. The Morgan fingerprint density at radius 1 is 0.529 bits per heavy atom. The highest BCUT2D eigenvalue weighted by Gasteiger charge is 2.29. The number of carbonyl (C=O) groups excluding carboxylic acids is 2. The van der Waals surface area contributed by atoms with Crippen molar-refractivity contribution in [2.45, 2.75) is 131 Å². The van der Waals surface area contributed by atoms with E-state index in [9.17, 15) is 19.8 Å². The largest absolute Gasteiger partial charge is 0.493 e. The summed E-state index contributed by atoms with van der Waals surface area (Å²) in [6, 6.07) is 31.3. The molecule has 0 fully saturated rings. The number of aliphatic hydroxyl groups is 2. The van der Waals surface area contributed by atoms with Gasteiger partial charge < -0.3 is 24.4 Å². The fourth-order valence-electron chi connectivity index (χ4n) is 9.01. The number of aryl methyl sites for hydroxylation is 5. The van der Waals surface area contributed by atoms with E-state index in [1.54, 1.807) is 19.9 Å². The van der Waals surface area contributed by atoms with Crippen molar-refractivity contribution in [3.05, 3.63) is 149 Å². The standard InChI is InChI=1S/C62H77FO7/c1-9-13-15-18-45-21-23-48(24-22-45)51-27-30-57(58(63)40-51)56-29-26-50(37-47(56)12-4)49-25-28-55(46(11-3)36-49)54-38-52(19-16-33-69-60(66)43(5)6)59(53(39-54)20-17-34-70-61(67)44(7)8)68-35-32-62(41-64,42-65)31-14-10-2/h21-30,36-40,64-65H,5,7,9-20,31-35,41-42H2,1-4,6,8H3. The molecule has 0 bridgehead atoms. The van der Waals surface area contributed by atoms with E-state index in [4.69, 9.17) is 14.2 Å². The minimum atomic E-state index is -0.664. The van der Waals surface area contributed by atoms with Crippen LogP contribution in [-0.2, 0) is 51.2 Å². The summed E-state index contributed by atoms with van der Waals surface area (Å²) in [5, 5.41) is 20.8. The number of aliphatic hydroxyl groups excluding tert-OH is 2. The minimum Gasteiger partial charge on any atom is -0.493 e. The van der Waals surface area contributed by atoms with Gasteiger partial charge in [0, 0.05) is 22.1 Å². The van der Waals surface area contributed by atoms with Gasteiger partial charge in [-0.25, -0.2) is 14.0 Å². The molecular weight excluding hydrogens is 876 g/mol. The van der Waals surface area contributed by atoms with E-state index in [-0.39, 0.29) is 38.9 Å². The first-order chi connectivity index (χ1) is 33.8. The molecule has 5 rings (SSSR count). The first-order valence-corrected chi connectivity index (χ1v) is 25.6. The Morgan fingerprint density at radius 3 is 1.51 bits per heavy atom. The molecule has 0 saturated carbocycles. The second-order valence-electron chi connectivity index (χ2n) is 19.0. The second kappa shape index (κ2) is 27.5. The molecule has 0 saturated heterocycles. The summed E-state index contributed by atoms with van der Waals surface area (Å²) in [5.74, 6) is -0.399. The molecule has 8 heteroatoms. The van der Waals surface area contributed by atoms with Gasteiger partial charge in [-0.2, -0.15) is 0 Å². The Morgan fingerprint density at radius 2 is 1.01 bits per heavy atom. The van der Waals surface area contributed by atoms with Crippen molar-refractivity contribution in [2.75, 3.05) is 33.0 Å². The quantitative estimate of drug-likeness (QED) is 0.0280. The van der Waals surface area contributed by atoms with Crippen LogP contribution in [0.2, 0.25) is 0 Å². The predicted molar refractivity (Wildman–Crippen MR) is 285 cm³/mol. The molecule has 0 amide bonds. The molecule has 0 aromatic heterocycles. The van der Waals surface area contributed by atoms with Crippen molar-refractivity contribution >= 4 is 11.9 Å². The maximum absolute atomic E-state index is 16.0. The van der Waals surface area contributed by atoms with Crippen LogP contribution in [-0.4, -0.2) is 55.2 Å². The van der Waals surface area contributed by atoms with Crippen LogP contribution in [0.4, 0.5) is 4.39 Å². The van der Waals surface area contributed by atoms with Gasteiger partial charge in [0.15, 0.2) is 0 Å². The normalized spacial score (nSPS) is 11.4. The van der Waals surface area contributed by atoms with Crippen LogP contribution in [0.1, 0.15) is 127 Å². The van der Waals surface area contributed by atoms with Crippen molar-refractivity contribution in [2.24, 2.45) is 5.41 Å². The molecular formula is C62H77FO7. The van der Waals surface area contributed by atoms with E-state index < -0.39 is 17.4 Å². The number of hydrogen-bond acceptors (Lipinski definition) is 7. The van der Waals surface area contributed by atoms with Gasteiger partial charge in [-0.15, -0.1) is 0 Å². The van der Waals surface area contributed by atoms with E-state index >= 15 is 4.39 Å². The summed E-state index contributed by atoms with van der Waals surface area (Å²) < 4.78 is 33.7. The van der Waals surface area contributed by atoms with Gasteiger partial charge in [-0.3, -0.25) is 0 Å². The van der Waals surface area contributed by atoms with Gasteiger partial charge >= 0.3 is 11.9 Å². The average molecular weight is 953 g/mol. The zero-order valence-corrected chi connectivity index (χ0v) is 42.8. The van der Waals surface area contributed by atoms with Gasteiger partial charge in [0.05, 0.1) is 33.0 Å². The van der Waals surface area contributed by atoms with Crippen LogP contribution in [0.25, 0.3) is 44.5 Å². The highest BCUT2D eigenvalue weighted by molar-refractivity contribution is 5.87. The second-order valence-corrected chi connectivity index (χ2v) is 19.0. The van der Waals surface area contributed by atoms with Crippen molar-refractivity contribution in [1.82, 2.24) is 0 Å². The van der Waals surface area contributed by atoms with E-state index in [1.165, 1.54) is 24.8 Å². The van der Waals surface area contributed by atoms with Crippen molar-refractivity contribution in [1.29, 1.82) is 0 Å². The first-order valence-electron chi connectivity index (χ1n) is 25.6. The van der Waals surface area contributed by atoms with Gasteiger partial charge in [0.1, 0.15) is 11.6 Å². The Bertz CT molecular complexity index is 2480. The summed E-state index contributed by atoms with van der Waals surface area (Å²) in [6.45, 7) is 19.6. The van der Waals surface area contributed by atoms with Gasteiger partial charge in [-0.05, 0) is 163 Å². The van der Waals surface area contributed by atoms with Gasteiger partial charge in [0.25, 0.3) is 0 Å². The summed E-state index contributed by atoms with van der Waals surface area (Å²) in [7, 11) is 0. The number of carbonyl (C=O) groups is 2. The van der Waals surface area contributed by atoms with Crippen LogP contribution < -0.4 is 4.74 Å². The lowest BCUT2D eigenvalue weighted by Gasteiger charge is -2.30. The molecule has 374 valence electrons. The third-order valence-electron chi connectivity index (χ3n) is 13.4. The molecule has 5 aromatic rings. The Labute approximate surface area is 417 Å². The number of benzene rings is 5. The number of unbranched alkanes of at least 4 members (excludes halogenated alkanes) is 3. The Balaban J connectivity index is 1.49. The molecule has 70 heavy (non-hydrogen) atoms. The average Bonchev–Trinajstić information content (AvgIpc) is 3.37. The molecule has 5 aromatic carbocycles. The van der Waals surface area contributed by atoms with Crippen molar-refractivity contribution in [3.8, 4) is 50.3 Å². The summed E-state index contributed by atoms with van der Waals surface area (Å²) in [6.07, 6.45) is 11.3. The van der Waals surface area contributed by atoms with Crippen molar-refractivity contribution in [3.63, 3.8) is 0 Å². The van der Waals surface area contributed by atoms with E-state index in [2.05, 4.69) is 108 Å². The molecule has 0 aliphatic heterocycles. The molecule has 0 heterocycles. The maximum Gasteiger partial charge on any atom is 0.333 e. The first kappa shape index (κ1) is 55.1. The van der Waals surface area contributed by atoms with E-state index in [0.717, 1.165) is 93.3 Å². The molecule has 0 radical (unpaired) electrons. The summed E-state index contributed by atoms with van der Waals surface area (Å²) >= 11 is 0. The molecule has 7 nitrogen and oxygen atoms in total. The molecule has 2 N–H and O–H groups in total. The number of esters is 2. The van der Waals surface area contributed by atoms with Crippen LogP contribution in [0.3, 0.4) is 0 Å². The number of hydrogen-bond donors (Lipinski definition) is 2. The number of ether oxygens (including phenoxy) is 3. The SMILES string of the molecule is C=C(C)C(=O)OCCCc1cc(-c2ccc(-c3ccc(-c4ccc(-c5ccc(CCCCC)cc5)cc4F)c(CC)c3)cc2CC)cc(CCCOC(=O)C(=C)C)c1OCCC(CO)(CO)CCCC. The topological polar surface area (TPSA) is 102 Å². The monoisotopic (exact) mass is 953 g/mol. The number of rotatable bonds is 29.